The Morgan fingerprint density at radius 1 is 1.24 bits per heavy atom. The Balaban J connectivity index is 0.000000301. The number of nitrogens with zero attached hydrogens (tertiary/aromatic N) is 5. The summed E-state index contributed by atoms with van der Waals surface area (Å²) in [4.78, 5) is 21.1. The highest BCUT2D eigenvalue weighted by Crippen LogP contribution is 2.27. The highest BCUT2D eigenvalue weighted by Gasteiger charge is 2.16. The number of aromatic nitrogens is 4. The maximum absolute atomic E-state index is 10.2. The number of carbonyl (C=O) groups excluding carboxylic acids is 1. The van der Waals surface area contributed by atoms with Crippen molar-refractivity contribution >= 4 is 35.0 Å². The van der Waals surface area contributed by atoms with E-state index in [4.69, 9.17) is 9.72 Å². The van der Waals surface area contributed by atoms with Crippen LogP contribution in [0, 0.1) is 0 Å². The van der Waals surface area contributed by atoms with Crippen molar-refractivity contribution in [2.45, 2.75) is 57.5 Å². The second-order valence-corrected chi connectivity index (χ2v) is 10.6. The molecule has 3 aromatic rings. The van der Waals surface area contributed by atoms with Gasteiger partial charge in [0.15, 0.2) is 5.82 Å². The third kappa shape index (κ3) is 7.82. The Kier molecular flexibility index (Phi) is 10.4. The number of hydrogen-bond acceptors (Lipinski definition) is 8. The lowest BCUT2D eigenvalue weighted by Crippen LogP contribution is -2.48. The fourth-order valence-electron chi connectivity index (χ4n) is 4.74. The second-order valence-electron chi connectivity index (χ2n) is 9.61. The van der Waals surface area contributed by atoms with Gasteiger partial charge in [-0.15, -0.1) is 0 Å². The van der Waals surface area contributed by atoms with Gasteiger partial charge >= 0.3 is 0 Å². The van der Waals surface area contributed by atoms with Crippen LogP contribution in [0.15, 0.2) is 36.7 Å². The van der Waals surface area contributed by atoms with Gasteiger partial charge in [0.25, 0.3) is 0 Å². The molecule has 37 heavy (non-hydrogen) atoms. The zero-order valence-corrected chi connectivity index (χ0v) is 22.8. The fraction of sp³-hybridized carbons (Fsp3) is 0.556. The van der Waals surface area contributed by atoms with Crippen LogP contribution in [0.4, 0.5) is 5.95 Å². The van der Waals surface area contributed by atoms with E-state index in [9.17, 15) is 4.79 Å². The Morgan fingerprint density at radius 3 is 2.86 bits per heavy atom. The lowest BCUT2D eigenvalue weighted by atomic mass is 9.96. The van der Waals surface area contributed by atoms with Gasteiger partial charge in [-0.3, -0.25) is 4.79 Å². The van der Waals surface area contributed by atoms with Crippen LogP contribution in [0.5, 0.6) is 5.75 Å². The van der Waals surface area contributed by atoms with Crippen LogP contribution in [0.3, 0.4) is 0 Å². The summed E-state index contributed by atoms with van der Waals surface area (Å²) in [5.74, 6) is 3.42. The van der Waals surface area contributed by atoms with E-state index >= 15 is 0 Å². The zero-order chi connectivity index (χ0) is 25.9. The molecule has 1 atom stereocenters. The minimum Gasteiger partial charge on any atom is -0.493 e. The van der Waals surface area contributed by atoms with Crippen molar-refractivity contribution in [2.24, 2.45) is 0 Å². The Bertz CT molecular complexity index is 1120. The summed E-state index contributed by atoms with van der Waals surface area (Å²) >= 11 is 1.84. The highest BCUT2D eigenvalue weighted by molar-refractivity contribution is 7.98. The van der Waals surface area contributed by atoms with Crippen LogP contribution in [0.2, 0.25) is 0 Å². The van der Waals surface area contributed by atoms with Crippen molar-refractivity contribution in [3.63, 3.8) is 0 Å². The van der Waals surface area contributed by atoms with Crippen molar-refractivity contribution in [2.75, 3.05) is 43.6 Å². The summed E-state index contributed by atoms with van der Waals surface area (Å²) in [5.41, 5.74) is 0.990. The monoisotopic (exact) mass is 525 g/mol. The van der Waals surface area contributed by atoms with Crippen molar-refractivity contribution < 1.29 is 9.53 Å². The van der Waals surface area contributed by atoms with Crippen molar-refractivity contribution in [1.29, 1.82) is 0 Å². The van der Waals surface area contributed by atoms with Gasteiger partial charge in [0, 0.05) is 44.0 Å². The average molecular weight is 526 g/mol. The number of rotatable bonds is 9. The van der Waals surface area contributed by atoms with Gasteiger partial charge in [0.05, 0.1) is 23.7 Å². The molecule has 9 nitrogen and oxygen atoms in total. The van der Waals surface area contributed by atoms with Gasteiger partial charge in [-0.05, 0) is 50.3 Å². The number of thioether (sulfide) groups is 1. The number of anilines is 1. The molecule has 2 N–H and O–H groups in total. The predicted octanol–water partition coefficient (Wildman–Crippen LogP) is 4.13. The van der Waals surface area contributed by atoms with Crippen LogP contribution >= 0.6 is 11.8 Å². The molecule has 0 radical (unpaired) electrons. The van der Waals surface area contributed by atoms with Gasteiger partial charge in [0.2, 0.25) is 12.4 Å². The van der Waals surface area contributed by atoms with Crippen molar-refractivity contribution in [1.82, 2.24) is 30.0 Å². The van der Waals surface area contributed by atoms with E-state index < -0.39 is 0 Å². The molecular formula is C27H39N7O2S. The van der Waals surface area contributed by atoms with E-state index in [1.807, 2.05) is 46.9 Å². The van der Waals surface area contributed by atoms with Crippen LogP contribution in [-0.4, -0.2) is 81.4 Å². The standard InChI is InChI=1S/C21H27N5OS.C6H12N2O/c1-28-14-6-13-27-19-10-5-9-18-17(19)15-23-26(18)20-11-12-22-21(25-20)24-16-7-3-2-4-8-16;1-6-4-8(5-9)3-2-7-6/h5,9-12,15-16H,2-4,6-8,13-14H2,1H3,(H,22,24,25);5-7H,2-4H2,1H3/t;6-/m.1/s1. The predicted molar refractivity (Wildman–Crippen MR) is 151 cm³/mol. The maximum Gasteiger partial charge on any atom is 0.224 e. The van der Waals surface area contributed by atoms with Gasteiger partial charge in [-0.1, -0.05) is 25.3 Å². The summed E-state index contributed by atoms with van der Waals surface area (Å²) < 4.78 is 7.84. The SMILES string of the molecule is CSCCCOc1cccc2c1cnn2-c1ccnc(NC2CCCCC2)n1.C[C@@H]1CN(C=O)CCN1. The molecule has 10 heteroatoms. The maximum atomic E-state index is 10.2. The first-order valence-corrected chi connectivity index (χ1v) is 14.7. The van der Waals surface area contributed by atoms with E-state index in [0.717, 1.165) is 60.7 Å². The number of ether oxygens (including phenoxy) is 1. The van der Waals surface area contributed by atoms with Crippen LogP contribution in [0.1, 0.15) is 45.4 Å². The smallest absolute Gasteiger partial charge is 0.224 e. The quantitative estimate of drug-likeness (QED) is 0.318. The van der Waals surface area contributed by atoms with E-state index in [2.05, 4.69) is 33.9 Å². The molecule has 1 aromatic carbocycles. The van der Waals surface area contributed by atoms with Gasteiger partial charge < -0.3 is 20.3 Å². The first kappa shape index (κ1) is 27.2. The molecule has 1 aliphatic heterocycles. The molecule has 5 rings (SSSR count). The molecule has 200 valence electrons. The molecule has 2 fully saturated rings. The number of benzene rings is 1. The molecule has 1 amide bonds. The molecule has 3 heterocycles. The molecule has 2 aliphatic rings. The number of fused-ring (bicyclic) bond motifs is 1. The molecule has 1 saturated carbocycles. The topological polar surface area (TPSA) is 97.2 Å². The first-order chi connectivity index (χ1) is 18.2. The molecule has 1 saturated heterocycles. The van der Waals surface area contributed by atoms with Crippen molar-refractivity contribution in [3.05, 3.63) is 36.7 Å². The normalized spacial score (nSPS) is 18.2. The molecule has 2 aromatic heterocycles. The fourth-order valence-corrected chi connectivity index (χ4v) is 5.15. The summed E-state index contributed by atoms with van der Waals surface area (Å²) in [6, 6.07) is 8.89. The van der Waals surface area contributed by atoms with Gasteiger partial charge in [-0.25, -0.2) is 9.67 Å². The number of hydrogen-bond donors (Lipinski definition) is 2. The molecule has 1 aliphatic carbocycles. The Morgan fingerprint density at radius 2 is 2.11 bits per heavy atom. The van der Waals surface area contributed by atoms with Crippen LogP contribution in [-0.2, 0) is 4.79 Å². The van der Waals surface area contributed by atoms with Crippen molar-refractivity contribution in [3.8, 4) is 11.6 Å². The lowest BCUT2D eigenvalue weighted by Gasteiger charge is -2.28. The second kappa shape index (κ2) is 14.2. The summed E-state index contributed by atoms with van der Waals surface area (Å²) in [7, 11) is 0. The zero-order valence-electron chi connectivity index (χ0n) is 21.9. The molecule has 0 unspecified atom stereocenters. The van der Waals surface area contributed by atoms with Crippen LogP contribution < -0.4 is 15.4 Å². The van der Waals surface area contributed by atoms with Gasteiger partial charge in [-0.2, -0.15) is 21.8 Å². The average Bonchev–Trinajstić information content (AvgIpc) is 3.37. The van der Waals surface area contributed by atoms with E-state index in [1.165, 1.54) is 32.1 Å². The van der Waals surface area contributed by atoms with E-state index in [0.29, 0.717) is 24.6 Å². The van der Waals surface area contributed by atoms with Gasteiger partial charge in [0.1, 0.15) is 5.75 Å². The van der Waals surface area contributed by atoms with Crippen LogP contribution in [0.25, 0.3) is 16.7 Å². The summed E-state index contributed by atoms with van der Waals surface area (Å²) in [5, 5.41) is 12.3. The Labute approximate surface area is 223 Å². The number of nitrogens with one attached hydrogen (secondary N) is 2. The Hall–Kier alpha value is -2.85. The van der Waals surface area contributed by atoms with E-state index in [-0.39, 0.29) is 0 Å². The lowest BCUT2D eigenvalue weighted by molar-refractivity contribution is -0.119. The first-order valence-electron chi connectivity index (χ1n) is 13.3. The number of amides is 1. The summed E-state index contributed by atoms with van der Waals surface area (Å²) in [6.07, 6.45) is 14.0. The third-order valence-corrected chi connectivity index (χ3v) is 7.37. The minimum atomic E-state index is 0.462. The molecule has 0 spiro atoms. The van der Waals surface area contributed by atoms with E-state index in [1.54, 1.807) is 11.1 Å². The summed E-state index contributed by atoms with van der Waals surface area (Å²) in [6.45, 7) is 5.43. The third-order valence-electron chi connectivity index (χ3n) is 6.67. The molecule has 0 bridgehead atoms. The number of piperazine rings is 1. The minimum absolute atomic E-state index is 0.462. The molecular weight excluding hydrogens is 486 g/mol. The number of carbonyl (C=O) groups is 1. The highest BCUT2D eigenvalue weighted by atomic mass is 32.2. The largest absolute Gasteiger partial charge is 0.493 e.